The van der Waals surface area contributed by atoms with Crippen molar-refractivity contribution < 1.29 is 10.0 Å². The molecule has 4 nitrogen and oxygen atoms in total. The molecule has 1 N–H and O–H groups in total. The summed E-state index contributed by atoms with van der Waals surface area (Å²) in [6.45, 7) is 3.92. The van der Waals surface area contributed by atoms with Gasteiger partial charge in [-0.05, 0) is 31.9 Å². The molecule has 0 fully saturated rings. The van der Waals surface area contributed by atoms with E-state index in [0.29, 0.717) is 12.0 Å². The maximum absolute atomic E-state index is 10.4. The second-order valence-corrected chi connectivity index (χ2v) is 3.56. The van der Waals surface area contributed by atoms with Crippen LogP contribution in [0.25, 0.3) is 0 Å². The Bertz CT molecular complexity index is 406. The first-order chi connectivity index (χ1) is 7.00. The average Bonchev–Trinajstić information content (AvgIpc) is 2.15. The molecule has 1 aromatic carbocycles. The van der Waals surface area contributed by atoms with Gasteiger partial charge in [-0.15, -0.1) is 0 Å². The zero-order valence-electron chi connectivity index (χ0n) is 8.73. The molecule has 0 bridgehead atoms. The van der Waals surface area contributed by atoms with Crippen molar-refractivity contribution in [3.05, 3.63) is 45.5 Å². The summed E-state index contributed by atoms with van der Waals surface area (Å²) in [7, 11) is 0. The number of benzene rings is 1. The topological polar surface area (TPSA) is 63.4 Å². The predicted molar refractivity (Wildman–Crippen MR) is 57.9 cm³/mol. The highest BCUT2D eigenvalue weighted by Gasteiger charge is 2.08. The van der Waals surface area contributed by atoms with Crippen LogP contribution in [0.4, 0.5) is 5.69 Å². The maximum atomic E-state index is 10.4. The van der Waals surface area contributed by atoms with Crippen molar-refractivity contribution in [1.29, 1.82) is 0 Å². The lowest BCUT2D eigenvalue weighted by atomic mass is 10.1. The van der Waals surface area contributed by atoms with Gasteiger partial charge < -0.3 is 5.11 Å². The molecule has 4 heteroatoms. The molecule has 15 heavy (non-hydrogen) atoms. The van der Waals surface area contributed by atoms with E-state index in [1.54, 1.807) is 6.07 Å². The molecular formula is C11H13NO3. The number of nitro benzene ring substituents is 1. The second kappa shape index (κ2) is 4.59. The third kappa shape index (κ3) is 3.09. The van der Waals surface area contributed by atoms with E-state index in [9.17, 15) is 15.2 Å². The van der Waals surface area contributed by atoms with Gasteiger partial charge in [-0.3, -0.25) is 10.1 Å². The molecule has 1 aromatic rings. The summed E-state index contributed by atoms with van der Waals surface area (Å²) < 4.78 is 0. The summed E-state index contributed by atoms with van der Waals surface area (Å²) in [5.74, 6) is -0.0262. The lowest BCUT2D eigenvalue weighted by Gasteiger charge is -2.01. The van der Waals surface area contributed by atoms with E-state index >= 15 is 0 Å². The number of phenols is 1. The van der Waals surface area contributed by atoms with Crippen LogP contribution < -0.4 is 0 Å². The number of nitro groups is 1. The van der Waals surface area contributed by atoms with Crippen LogP contribution in [0.5, 0.6) is 5.75 Å². The molecule has 0 unspecified atom stereocenters. The molecule has 0 aliphatic rings. The Balaban J connectivity index is 2.93. The van der Waals surface area contributed by atoms with Crippen molar-refractivity contribution >= 4 is 5.69 Å². The third-order valence-electron chi connectivity index (χ3n) is 2.01. The van der Waals surface area contributed by atoms with E-state index in [1.807, 2.05) is 19.9 Å². The van der Waals surface area contributed by atoms with Crippen molar-refractivity contribution in [2.45, 2.75) is 20.3 Å². The van der Waals surface area contributed by atoms with Crippen LogP contribution >= 0.6 is 0 Å². The van der Waals surface area contributed by atoms with Gasteiger partial charge >= 0.3 is 0 Å². The fourth-order valence-electron chi connectivity index (χ4n) is 1.15. The van der Waals surface area contributed by atoms with Crippen LogP contribution in [0.15, 0.2) is 29.8 Å². The van der Waals surface area contributed by atoms with Crippen LogP contribution in [0, 0.1) is 10.1 Å². The first-order valence-corrected chi connectivity index (χ1v) is 4.60. The van der Waals surface area contributed by atoms with Crippen LogP contribution in [-0.4, -0.2) is 10.0 Å². The van der Waals surface area contributed by atoms with E-state index < -0.39 is 4.92 Å². The Hall–Kier alpha value is -1.84. The summed E-state index contributed by atoms with van der Waals surface area (Å²) in [6, 6.07) is 4.15. The lowest BCUT2D eigenvalue weighted by molar-refractivity contribution is -0.384. The summed E-state index contributed by atoms with van der Waals surface area (Å²) in [4.78, 5) is 9.89. The van der Waals surface area contributed by atoms with Crippen LogP contribution in [0.3, 0.4) is 0 Å². The van der Waals surface area contributed by atoms with Gasteiger partial charge in [0.2, 0.25) is 0 Å². The van der Waals surface area contributed by atoms with Crippen molar-refractivity contribution in [3.8, 4) is 5.75 Å². The van der Waals surface area contributed by atoms with Crippen LogP contribution in [0.1, 0.15) is 19.4 Å². The number of phenolic OH excluding ortho intramolecular Hbond substituents is 1. The summed E-state index contributed by atoms with van der Waals surface area (Å²) >= 11 is 0. The standard InChI is InChI=1S/C11H13NO3/c1-8(2)3-4-9-5-6-10(12(14)15)7-11(9)13/h3,5-7,13H,4H2,1-2H3. The van der Waals surface area contributed by atoms with Crippen molar-refractivity contribution in [2.24, 2.45) is 0 Å². The Labute approximate surface area is 88.0 Å². The van der Waals surface area contributed by atoms with Crippen LogP contribution in [-0.2, 0) is 6.42 Å². The molecule has 0 saturated carbocycles. The number of non-ortho nitro benzene ring substituents is 1. The average molecular weight is 207 g/mol. The first-order valence-electron chi connectivity index (χ1n) is 4.60. The molecule has 0 aliphatic carbocycles. The molecular weight excluding hydrogens is 194 g/mol. The van der Waals surface area contributed by atoms with E-state index in [0.717, 1.165) is 5.57 Å². The van der Waals surface area contributed by atoms with Gasteiger partial charge in [0.1, 0.15) is 5.75 Å². The molecule has 0 atom stereocenters. The molecule has 0 spiro atoms. The summed E-state index contributed by atoms with van der Waals surface area (Å²) in [5, 5.41) is 19.9. The molecule has 0 saturated heterocycles. The molecule has 80 valence electrons. The van der Waals surface area contributed by atoms with E-state index in [1.165, 1.54) is 12.1 Å². The monoisotopic (exact) mass is 207 g/mol. The lowest BCUT2D eigenvalue weighted by Crippen LogP contribution is -1.89. The minimum atomic E-state index is -0.523. The summed E-state index contributed by atoms with van der Waals surface area (Å²) in [5.41, 5.74) is 1.75. The smallest absolute Gasteiger partial charge is 0.273 e. The van der Waals surface area contributed by atoms with Gasteiger partial charge in [0, 0.05) is 6.07 Å². The quantitative estimate of drug-likeness (QED) is 0.471. The van der Waals surface area contributed by atoms with Crippen molar-refractivity contribution in [2.75, 3.05) is 0 Å². The molecule has 0 aromatic heterocycles. The van der Waals surface area contributed by atoms with Gasteiger partial charge in [0.05, 0.1) is 11.0 Å². The highest BCUT2D eigenvalue weighted by Crippen LogP contribution is 2.24. The SMILES string of the molecule is CC(C)=CCc1ccc([N+](=O)[O-])cc1O. The Morgan fingerprint density at radius 3 is 2.67 bits per heavy atom. The Morgan fingerprint density at radius 2 is 2.20 bits per heavy atom. The minimum Gasteiger partial charge on any atom is -0.507 e. The molecule has 0 radical (unpaired) electrons. The Morgan fingerprint density at radius 1 is 1.53 bits per heavy atom. The van der Waals surface area contributed by atoms with E-state index in [2.05, 4.69) is 0 Å². The van der Waals surface area contributed by atoms with Gasteiger partial charge in [0.15, 0.2) is 0 Å². The largest absolute Gasteiger partial charge is 0.507 e. The molecule has 0 amide bonds. The Kier molecular flexibility index (Phi) is 3.44. The maximum Gasteiger partial charge on any atom is 0.273 e. The van der Waals surface area contributed by atoms with Gasteiger partial charge in [-0.2, -0.15) is 0 Å². The minimum absolute atomic E-state index is 0.0262. The zero-order chi connectivity index (χ0) is 11.4. The molecule has 0 aliphatic heterocycles. The number of allylic oxidation sites excluding steroid dienone is 2. The van der Waals surface area contributed by atoms with Crippen molar-refractivity contribution in [3.63, 3.8) is 0 Å². The second-order valence-electron chi connectivity index (χ2n) is 3.56. The zero-order valence-corrected chi connectivity index (χ0v) is 8.73. The number of hydrogen-bond acceptors (Lipinski definition) is 3. The highest BCUT2D eigenvalue weighted by molar-refractivity contribution is 5.44. The van der Waals surface area contributed by atoms with Gasteiger partial charge in [-0.1, -0.05) is 11.6 Å². The predicted octanol–water partition coefficient (Wildman–Crippen LogP) is 2.81. The van der Waals surface area contributed by atoms with Crippen molar-refractivity contribution in [1.82, 2.24) is 0 Å². The third-order valence-corrected chi connectivity index (χ3v) is 2.01. The normalized spacial score (nSPS) is 9.73. The van der Waals surface area contributed by atoms with Crippen LogP contribution in [0.2, 0.25) is 0 Å². The number of nitrogens with zero attached hydrogens (tertiary/aromatic N) is 1. The number of hydrogen-bond donors (Lipinski definition) is 1. The first kappa shape index (κ1) is 11.2. The van der Waals surface area contributed by atoms with E-state index in [-0.39, 0.29) is 11.4 Å². The number of aromatic hydroxyl groups is 1. The highest BCUT2D eigenvalue weighted by atomic mass is 16.6. The number of rotatable bonds is 3. The van der Waals surface area contributed by atoms with E-state index in [4.69, 9.17) is 0 Å². The van der Waals surface area contributed by atoms with Gasteiger partial charge in [0.25, 0.3) is 5.69 Å². The fraction of sp³-hybridized carbons (Fsp3) is 0.273. The molecule has 0 heterocycles. The fourth-order valence-corrected chi connectivity index (χ4v) is 1.15. The summed E-state index contributed by atoms with van der Waals surface area (Å²) in [6.07, 6.45) is 2.55. The van der Waals surface area contributed by atoms with Gasteiger partial charge in [-0.25, -0.2) is 0 Å². The molecule has 1 rings (SSSR count).